The van der Waals surface area contributed by atoms with Gasteiger partial charge in [-0.3, -0.25) is 9.78 Å². The van der Waals surface area contributed by atoms with Gasteiger partial charge in [-0.05, 0) is 48.9 Å². The number of benzene rings is 1. The van der Waals surface area contributed by atoms with E-state index in [0.29, 0.717) is 18.9 Å². The summed E-state index contributed by atoms with van der Waals surface area (Å²) in [7, 11) is 0. The maximum absolute atomic E-state index is 11.9. The normalized spacial score (nSPS) is 18.8. The van der Waals surface area contributed by atoms with Crippen LogP contribution in [0.1, 0.15) is 30.4 Å². The van der Waals surface area contributed by atoms with Crippen LogP contribution < -0.4 is 10.1 Å². The van der Waals surface area contributed by atoms with Gasteiger partial charge in [0.15, 0.2) is 0 Å². The number of ether oxygens (including phenoxy) is 1. The Morgan fingerprint density at radius 3 is 2.92 bits per heavy atom. The fourth-order valence-electron chi connectivity index (χ4n) is 3.17. The minimum absolute atomic E-state index is 0.00903. The number of pyridine rings is 1. The number of carbonyl (C=O) groups is 1. The first-order valence-electron chi connectivity index (χ1n) is 8.67. The van der Waals surface area contributed by atoms with E-state index in [4.69, 9.17) is 4.74 Å². The number of rotatable bonds is 5. The van der Waals surface area contributed by atoms with E-state index in [0.717, 1.165) is 29.0 Å². The van der Waals surface area contributed by atoms with Crippen LogP contribution in [0.2, 0.25) is 0 Å². The predicted molar refractivity (Wildman–Crippen MR) is 92.9 cm³/mol. The molecule has 1 aromatic carbocycles. The predicted octanol–water partition coefficient (Wildman–Crippen LogP) is 3.28. The molecule has 0 spiro atoms. The fourth-order valence-corrected chi connectivity index (χ4v) is 3.17. The molecule has 1 saturated carbocycles. The van der Waals surface area contributed by atoms with Gasteiger partial charge in [0, 0.05) is 24.6 Å². The summed E-state index contributed by atoms with van der Waals surface area (Å²) < 4.78 is 6.14. The van der Waals surface area contributed by atoms with E-state index in [1.807, 2.05) is 31.3 Å². The molecule has 4 rings (SSSR count). The number of para-hydroxylation sites is 1. The second-order valence-electron chi connectivity index (χ2n) is 6.91. The van der Waals surface area contributed by atoms with Crippen molar-refractivity contribution in [2.24, 2.45) is 5.92 Å². The number of nitrogens with zero attached hydrogens (tertiary/aromatic N) is 1. The van der Waals surface area contributed by atoms with E-state index in [1.165, 1.54) is 18.4 Å². The van der Waals surface area contributed by atoms with E-state index in [2.05, 4.69) is 22.4 Å². The zero-order valence-corrected chi connectivity index (χ0v) is 13.9. The van der Waals surface area contributed by atoms with Crippen LogP contribution in [0.25, 0.3) is 11.3 Å². The molecule has 0 radical (unpaired) electrons. The van der Waals surface area contributed by atoms with Gasteiger partial charge in [-0.1, -0.05) is 18.2 Å². The average molecular weight is 322 g/mol. The van der Waals surface area contributed by atoms with Crippen molar-refractivity contribution >= 4 is 5.91 Å². The van der Waals surface area contributed by atoms with Crippen LogP contribution >= 0.6 is 0 Å². The molecule has 1 unspecified atom stereocenters. The molecular formula is C20H22N2O2. The summed E-state index contributed by atoms with van der Waals surface area (Å²) >= 11 is 0. The van der Waals surface area contributed by atoms with E-state index in [1.54, 1.807) is 0 Å². The van der Waals surface area contributed by atoms with Gasteiger partial charge in [-0.2, -0.15) is 0 Å². The Morgan fingerprint density at radius 1 is 1.29 bits per heavy atom. The molecule has 1 amide bonds. The monoisotopic (exact) mass is 322 g/mol. The summed E-state index contributed by atoms with van der Waals surface area (Å²) in [6.07, 6.45) is 5.78. The van der Waals surface area contributed by atoms with Crippen molar-refractivity contribution < 1.29 is 9.53 Å². The summed E-state index contributed by atoms with van der Waals surface area (Å²) in [6, 6.07) is 10.3. The Morgan fingerprint density at radius 2 is 2.17 bits per heavy atom. The van der Waals surface area contributed by atoms with Gasteiger partial charge in [0.25, 0.3) is 0 Å². The van der Waals surface area contributed by atoms with Gasteiger partial charge >= 0.3 is 0 Å². The lowest BCUT2D eigenvalue weighted by Crippen LogP contribution is -2.34. The Balaban J connectivity index is 1.44. The number of fused-ring (bicyclic) bond motifs is 1. The van der Waals surface area contributed by atoms with Crippen LogP contribution in [0.5, 0.6) is 5.75 Å². The van der Waals surface area contributed by atoms with Crippen molar-refractivity contribution in [2.75, 3.05) is 6.54 Å². The minimum atomic E-state index is 0.00903. The Bertz CT molecular complexity index is 751. The summed E-state index contributed by atoms with van der Waals surface area (Å²) in [5, 5.41) is 3.02. The number of carbonyl (C=O) groups excluding carboxylic acids is 1. The molecule has 124 valence electrons. The molecule has 1 aliphatic carbocycles. The molecule has 1 aromatic heterocycles. The Kier molecular flexibility index (Phi) is 3.97. The average Bonchev–Trinajstić information content (AvgIpc) is 3.29. The standard InChI is InChI=1S/C20H22N2O2/c1-13-5-8-18(21-11-13)17-4-2-3-15-10-16(24-20(15)17)12-22-19(23)9-14-6-7-14/h2-5,8,11,14,16H,6-7,9-10,12H2,1H3,(H,22,23). The zero-order chi connectivity index (χ0) is 16.5. The first kappa shape index (κ1) is 15.2. The molecule has 24 heavy (non-hydrogen) atoms. The summed E-state index contributed by atoms with van der Waals surface area (Å²) in [5.74, 6) is 1.68. The number of aromatic nitrogens is 1. The Labute approximate surface area is 142 Å². The van der Waals surface area contributed by atoms with Crippen LogP contribution in [0.3, 0.4) is 0 Å². The number of amides is 1. The lowest BCUT2D eigenvalue weighted by atomic mass is 10.0. The van der Waals surface area contributed by atoms with Crippen LogP contribution in [0.15, 0.2) is 36.5 Å². The first-order chi connectivity index (χ1) is 11.7. The topological polar surface area (TPSA) is 51.2 Å². The Hall–Kier alpha value is -2.36. The SMILES string of the molecule is Cc1ccc(-c2cccc3c2OC(CNC(=O)CC2CC2)C3)nc1. The molecular weight excluding hydrogens is 300 g/mol. The van der Waals surface area contributed by atoms with Gasteiger partial charge in [-0.15, -0.1) is 0 Å². The van der Waals surface area contributed by atoms with E-state index in [9.17, 15) is 4.79 Å². The van der Waals surface area contributed by atoms with Crippen molar-refractivity contribution in [1.82, 2.24) is 10.3 Å². The first-order valence-corrected chi connectivity index (χ1v) is 8.67. The zero-order valence-electron chi connectivity index (χ0n) is 13.9. The van der Waals surface area contributed by atoms with Gasteiger partial charge in [-0.25, -0.2) is 0 Å². The van der Waals surface area contributed by atoms with Gasteiger partial charge in [0.1, 0.15) is 11.9 Å². The smallest absolute Gasteiger partial charge is 0.220 e. The van der Waals surface area contributed by atoms with Crippen LogP contribution in [-0.2, 0) is 11.2 Å². The van der Waals surface area contributed by atoms with Crippen LogP contribution in [0.4, 0.5) is 0 Å². The number of hydrogen-bond donors (Lipinski definition) is 1. The van der Waals surface area contributed by atoms with Gasteiger partial charge in [0.05, 0.1) is 12.2 Å². The maximum atomic E-state index is 11.9. The van der Waals surface area contributed by atoms with E-state index < -0.39 is 0 Å². The molecule has 0 saturated heterocycles. The van der Waals surface area contributed by atoms with Crippen LogP contribution in [0, 0.1) is 12.8 Å². The van der Waals surface area contributed by atoms with E-state index >= 15 is 0 Å². The largest absolute Gasteiger partial charge is 0.487 e. The number of hydrogen-bond acceptors (Lipinski definition) is 3. The molecule has 1 atom stereocenters. The van der Waals surface area contributed by atoms with Crippen molar-refractivity contribution in [2.45, 2.75) is 38.7 Å². The molecule has 1 fully saturated rings. The second-order valence-corrected chi connectivity index (χ2v) is 6.91. The summed E-state index contributed by atoms with van der Waals surface area (Å²) in [6.45, 7) is 2.60. The van der Waals surface area contributed by atoms with Crippen molar-refractivity contribution in [3.63, 3.8) is 0 Å². The highest BCUT2D eigenvalue weighted by Crippen LogP contribution is 2.38. The lowest BCUT2D eigenvalue weighted by Gasteiger charge is -2.13. The van der Waals surface area contributed by atoms with E-state index in [-0.39, 0.29) is 12.0 Å². The molecule has 2 aliphatic rings. The third-order valence-corrected chi connectivity index (χ3v) is 4.71. The highest BCUT2D eigenvalue weighted by Gasteiger charge is 2.28. The van der Waals surface area contributed by atoms with Gasteiger partial charge in [0.2, 0.25) is 5.91 Å². The highest BCUT2D eigenvalue weighted by molar-refractivity contribution is 5.76. The second kappa shape index (κ2) is 6.27. The highest BCUT2D eigenvalue weighted by atomic mass is 16.5. The third-order valence-electron chi connectivity index (χ3n) is 4.71. The summed E-state index contributed by atoms with van der Waals surface area (Å²) in [4.78, 5) is 16.4. The fraction of sp³-hybridized carbons (Fsp3) is 0.400. The third kappa shape index (κ3) is 3.28. The van der Waals surface area contributed by atoms with Gasteiger partial charge < -0.3 is 10.1 Å². The molecule has 0 bridgehead atoms. The maximum Gasteiger partial charge on any atom is 0.220 e. The number of aryl methyl sites for hydroxylation is 1. The molecule has 2 aromatic rings. The molecule has 4 heteroatoms. The molecule has 1 N–H and O–H groups in total. The van der Waals surface area contributed by atoms with Crippen molar-refractivity contribution in [1.29, 1.82) is 0 Å². The molecule has 4 nitrogen and oxygen atoms in total. The molecule has 1 aliphatic heterocycles. The quantitative estimate of drug-likeness (QED) is 0.919. The van der Waals surface area contributed by atoms with Crippen LogP contribution in [-0.4, -0.2) is 23.5 Å². The number of nitrogens with one attached hydrogen (secondary N) is 1. The molecule has 2 heterocycles. The summed E-state index contributed by atoms with van der Waals surface area (Å²) in [5.41, 5.74) is 4.29. The minimum Gasteiger partial charge on any atom is -0.487 e. The van der Waals surface area contributed by atoms with Crippen molar-refractivity contribution in [3.8, 4) is 17.0 Å². The lowest BCUT2D eigenvalue weighted by molar-refractivity contribution is -0.121. The van der Waals surface area contributed by atoms with Crippen molar-refractivity contribution in [3.05, 3.63) is 47.7 Å².